The van der Waals surface area contributed by atoms with Crippen molar-refractivity contribution >= 4 is 5.71 Å². The lowest BCUT2D eigenvalue weighted by Gasteiger charge is -1.99. The Morgan fingerprint density at radius 1 is 1.10 bits per heavy atom. The lowest BCUT2D eigenvalue weighted by molar-refractivity contribution is 1.04. The standard InChI is InChI=1S/C9H17N/c1-6-8(4)9(5)10-7(2)3/h6H2,1-5H3. The molecular formula is C9H17N. The average molecular weight is 139 g/mol. The van der Waals surface area contributed by atoms with Crippen molar-refractivity contribution in [3.63, 3.8) is 0 Å². The van der Waals surface area contributed by atoms with Gasteiger partial charge in [0, 0.05) is 11.4 Å². The predicted octanol–water partition coefficient (Wildman–Crippen LogP) is 3.17. The topological polar surface area (TPSA) is 12.4 Å². The number of hydrogen-bond donors (Lipinski definition) is 0. The molecule has 0 saturated carbocycles. The van der Waals surface area contributed by atoms with Crippen LogP contribution in [0.2, 0.25) is 0 Å². The number of hydrogen-bond acceptors (Lipinski definition) is 1. The average Bonchev–Trinajstić information content (AvgIpc) is 1.85. The zero-order valence-electron chi connectivity index (χ0n) is 7.65. The molecule has 0 unspecified atom stereocenters. The van der Waals surface area contributed by atoms with Crippen molar-refractivity contribution in [3.8, 4) is 0 Å². The predicted molar refractivity (Wildman–Crippen MR) is 47.4 cm³/mol. The minimum Gasteiger partial charge on any atom is -0.263 e. The van der Waals surface area contributed by atoms with Gasteiger partial charge in [0.2, 0.25) is 0 Å². The number of allylic oxidation sites excluding steroid dienone is 2. The molecule has 1 nitrogen and oxygen atoms in total. The highest BCUT2D eigenvalue weighted by Gasteiger charge is 1.90. The van der Waals surface area contributed by atoms with Gasteiger partial charge in [-0.15, -0.1) is 0 Å². The van der Waals surface area contributed by atoms with Gasteiger partial charge in [-0.1, -0.05) is 12.5 Å². The summed E-state index contributed by atoms with van der Waals surface area (Å²) in [6.45, 7) is 10.4. The Bertz CT molecular complexity index is 160. The van der Waals surface area contributed by atoms with Crippen LogP contribution in [0.5, 0.6) is 0 Å². The van der Waals surface area contributed by atoms with E-state index in [1.54, 1.807) is 0 Å². The summed E-state index contributed by atoms with van der Waals surface area (Å²) in [6.07, 6.45) is 1.10. The zero-order valence-corrected chi connectivity index (χ0v) is 7.65. The van der Waals surface area contributed by atoms with Crippen molar-refractivity contribution < 1.29 is 0 Å². The molecule has 10 heavy (non-hydrogen) atoms. The van der Waals surface area contributed by atoms with Gasteiger partial charge >= 0.3 is 0 Å². The van der Waals surface area contributed by atoms with Crippen LogP contribution in [0, 0.1) is 0 Å². The Hall–Kier alpha value is -0.590. The Kier molecular flexibility index (Phi) is 4.01. The molecule has 0 aliphatic rings. The SMILES string of the molecule is CCC(C)=C(C)N=C(C)C. The Morgan fingerprint density at radius 3 is 1.90 bits per heavy atom. The molecule has 0 atom stereocenters. The van der Waals surface area contributed by atoms with Gasteiger partial charge < -0.3 is 0 Å². The molecule has 0 spiro atoms. The van der Waals surface area contributed by atoms with Gasteiger partial charge in [0.1, 0.15) is 0 Å². The highest BCUT2D eigenvalue weighted by Crippen LogP contribution is 2.07. The molecule has 0 heterocycles. The molecule has 0 saturated heterocycles. The van der Waals surface area contributed by atoms with Crippen LogP contribution in [0.4, 0.5) is 0 Å². The lowest BCUT2D eigenvalue weighted by Crippen LogP contribution is -1.84. The van der Waals surface area contributed by atoms with Crippen LogP contribution in [0.1, 0.15) is 41.0 Å². The molecule has 0 fully saturated rings. The molecule has 0 aliphatic heterocycles. The maximum absolute atomic E-state index is 4.34. The minimum atomic E-state index is 1.10. The normalized spacial score (nSPS) is 12.5. The van der Waals surface area contributed by atoms with E-state index in [2.05, 4.69) is 25.8 Å². The molecule has 58 valence electrons. The summed E-state index contributed by atoms with van der Waals surface area (Å²) in [5, 5.41) is 0. The van der Waals surface area contributed by atoms with Crippen molar-refractivity contribution in [2.45, 2.75) is 41.0 Å². The quantitative estimate of drug-likeness (QED) is 0.521. The molecule has 0 bridgehead atoms. The van der Waals surface area contributed by atoms with Gasteiger partial charge in [0.05, 0.1) is 0 Å². The molecule has 0 aromatic carbocycles. The van der Waals surface area contributed by atoms with E-state index in [0.29, 0.717) is 0 Å². The maximum Gasteiger partial charge on any atom is 0.0360 e. The van der Waals surface area contributed by atoms with Crippen LogP contribution in [0.3, 0.4) is 0 Å². The van der Waals surface area contributed by atoms with Gasteiger partial charge in [-0.3, -0.25) is 4.99 Å². The smallest absolute Gasteiger partial charge is 0.0360 e. The Balaban J connectivity index is 4.33. The van der Waals surface area contributed by atoms with E-state index in [0.717, 1.165) is 12.1 Å². The molecule has 0 aliphatic carbocycles. The zero-order chi connectivity index (χ0) is 8.15. The molecule has 0 radical (unpaired) electrons. The van der Waals surface area contributed by atoms with Crippen LogP contribution in [-0.2, 0) is 0 Å². The monoisotopic (exact) mass is 139 g/mol. The Labute approximate surface area is 63.9 Å². The maximum atomic E-state index is 4.34. The van der Waals surface area contributed by atoms with E-state index < -0.39 is 0 Å². The van der Waals surface area contributed by atoms with Crippen molar-refractivity contribution in [2.24, 2.45) is 4.99 Å². The van der Waals surface area contributed by atoms with E-state index in [1.165, 1.54) is 11.3 Å². The molecule has 0 aromatic heterocycles. The second kappa shape index (κ2) is 4.26. The van der Waals surface area contributed by atoms with Gasteiger partial charge in [0.15, 0.2) is 0 Å². The minimum absolute atomic E-state index is 1.10. The van der Waals surface area contributed by atoms with Crippen LogP contribution < -0.4 is 0 Å². The Morgan fingerprint density at radius 2 is 1.60 bits per heavy atom. The van der Waals surface area contributed by atoms with Gasteiger partial charge in [-0.05, 0) is 34.1 Å². The fourth-order valence-corrected chi connectivity index (χ4v) is 0.687. The number of nitrogens with zero attached hydrogens (tertiary/aromatic N) is 1. The van der Waals surface area contributed by atoms with Crippen molar-refractivity contribution in [1.29, 1.82) is 0 Å². The van der Waals surface area contributed by atoms with Crippen LogP contribution in [0.15, 0.2) is 16.3 Å². The second-order valence-electron chi connectivity index (χ2n) is 2.78. The first-order valence-electron chi connectivity index (χ1n) is 3.76. The summed E-state index contributed by atoms with van der Waals surface area (Å²) in [7, 11) is 0. The van der Waals surface area contributed by atoms with Crippen LogP contribution in [0.25, 0.3) is 0 Å². The van der Waals surface area contributed by atoms with Crippen molar-refractivity contribution in [3.05, 3.63) is 11.3 Å². The summed E-state index contributed by atoms with van der Waals surface area (Å²) in [5.74, 6) is 0. The largest absolute Gasteiger partial charge is 0.263 e. The van der Waals surface area contributed by atoms with Crippen LogP contribution >= 0.6 is 0 Å². The molecule has 0 aromatic rings. The first-order chi connectivity index (χ1) is 4.57. The van der Waals surface area contributed by atoms with E-state index in [9.17, 15) is 0 Å². The summed E-state index contributed by atoms with van der Waals surface area (Å²) in [4.78, 5) is 4.34. The molecule has 0 amide bonds. The van der Waals surface area contributed by atoms with E-state index in [1.807, 2.05) is 13.8 Å². The third-order valence-electron chi connectivity index (χ3n) is 1.54. The van der Waals surface area contributed by atoms with Crippen molar-refractivity contribution in [1.82, 2.24) is 0 Å². The summed E-state index contributed by atoms with van der Waals surface area (Å²) >= 11 is 0. The fraction of sp³-hybridized carbons (Fsp3) is 0.667. The molecule has 1 heteroatoms. The fourth-order valence-electron chi connectivity index (χ4n) is 0.687. The third kappa shape index (κ3) is 3.44. The second-order valence-corrected chi connectivity index (χ2v) is 2.78. The van der Waals surface area contributed by atoms with E-state index in [-0.39, 0.29) is 0 Å². The van der Waals surface area contributed by atoms with Crippen LogP contribution in [-0.4, -0.2) is 5.71 Å². The van der Waals surface area contributed by atoms with E-state index in [4.69, 9.17) is 0 Å². The van der Waals surface area contributed by atoms with Crippen molar-refractivity contribution in [2.75, 3.05) is 0 Å². The van der Waals surface area contributed by atoms with Gasteiger partial charge in [-0.2, -0.15) is 0 Å². The molecule has 0 N–H and O–H groups in total. The summed E-state index contributed by atoms with van der Waals surface area (Å²) in [6, 6.07) is 0. The summed E-state index contributed by atoms with van der Waals surface area (Å²) < 4.78 is 0. The first-order valence-corrected chi connectivity index (χ1v) is 3.76. The van der Waals surface area contributed by atoms with Gasteiger partial charge in [-0.25, -0.2) is 0 Å². The summed E-state index contributed by atoms with van der Waals surface area (Å²) in [5.41, 5.74) is 3.68. The highest BCUT2D eigenvalue weighted by atomic mass is 14.7. The lowest BCUT2D eigenvalue weighted by atomic mass is 10.2. The molecule has 0 rings (SSSR count). The molecular weight excluding hydrogens is 122 g/mol. The van der Waals surface area contributed by atoms with Gasteiger partial charge in [0.25, 0.3) is 0 Å². The third-order valence-corrected chi connectivity index (χ3v) is 1.54. The number of aliphatic imine (C=N–C) groups is 1. The highest BCUT2D eigenvalue weighted by molar-refractivity contribution is 5.80. The number of rotatable bonds is 2. The van der Waals surface area contributed by atoms with E-state index >= 15 is 0 Å². The first kappa shape index (κ1) is 9.41.